The van der Waals surface area contributed by atoms with Gasteiger partial charge in [-0.3, -0.25) is 0 Å². The topological polar surface area (TPSA) is 104 Å². The van der Waals surface area contributed by atoms with E-state index in [9.17, 15) is 21.6 Å². The monoisotopic (exact) mass is 463 g/mol. The molecular formula is C21H25N3O5S2. The predicted molar refractivity (Wildman–Crippen MR) is 118 cm³/mol. The second-order valence-electron chi connectivity index (χ2n) is 7.93. The molecule has 2 aliphatic rings. The van der Waals surface area contributed by atoms with Gasteiger partial charge < -0.3 is 10.2 Å². The number of carbonyl (C=O) groups is 1. The van der Waals surface area contributed by atoms with Crippen molar-refractivity contribution in [3.05, 3.63) is 60.2 Å². The Morgan fingerprint density at radius 3 is 2.39 bits per heavy atom. The van der Waals surface area contributed by atoms with Crippen molar-refractivity contribution in [2.24, 2.45) is 0 Å². The zero-order valence-corrected chi connectivity index (χ0v) is 18.8. The number of anilines is 1. The minimum absolute atomic E-state index is 0.0902. The lowest BCUT2D eigenvalue weighted by molar-refractivity contribution is 0.155. The van der Waals surface area contributed by atoms with Gasteiger partial charge in [-0.1, -0.05) is 35.9 Å². The van der Waals surface area contributed by atoms with Crippen molar-refractivity contribution in [3.63, 3.8) is 0 Å². The van der Waals surface area contributed by atoms with E-state index in [0.29, 0.717) is 5.69 Å². The quantitative estimate of drug-likeness (QED) is 0.751. The molecule has 0 bridgehead atoms. The predicted octanol–water partition coefficient (Wildman–Crippen LogP) is 2.09. The van der Waals surface area contributed by atoms with Crippen LogP contribution in [0.25, 0.3) is 0 Å². The lowest BCUT2D eigenvalue weighted by Crippen LogP contribution is -2.64. The first-order chi connectivity index (χ1) is 14.7. The van der Waals surface area contributed by atoms with E-state index in [1.54, 1.807) is 36.4 Å². The zero-order valence-electron chi connectivity index (χ0n) is 17.1. The summed E-state index contributed by atoms with van der Waals surface area (Å²) in [4.78, 5) is 14.5. The Labute approximate surface area is 182 Å². The Hall–Kier alpha value is -2.43. The van der Waals surface area contributed by atoms with E-state index >= 15 is 0 Å². The number of piperidine rings is 1. The molecule has 2 atom stereocenters. The van der Waals surface area contributed by atoms with E-state index in [1.807, 2.05) is 13.0 Å². The van der Waals surface area contributed by atoms with E-state index < -0.39 is 31.2 Å². The number of hydrogen-bond donors (Lipinski definition) is 1. The first-order valence-corrected chi connectivity index (χ1v) is 13.2. The average molecular weight is 464 g/mol. The van der Waals surface area contributed by atoms with E-state index in [0.717, 1.165) is 5.56 Å². The Morgan fingerprint density at radius 2 is 1.71 bits per heavy atom. The van der Waals surface area contributed by atoms with Crippen LogP contribution in [0.4, 0.5) is 10.5 Å². The smallest absolute Gasteiger partial charge is 0.319 e. The van der Waals surface area contributed by atoms with Gasteiger partial charge in [0.05, 0.1) is 21.9 Å². The number of sulfonamides is 1. The van der Waals surface area contributed by atoms with Crippen molar-refractivity contribution < 1.29 is 21.6 Å². The van der Waals surface area contributed by atoms with Crippen LogP contribution in [0.2, 0.25) is 0 Å². The van der Waals surface area contributed by atoms with Gasteiger partial charge in [0.2, 0.25) is 10.0 Å². The van der Waals surface area contributed by atoms with Crippen LogP contribution in [0.5, 0.6) is 0 Å². The first kappa shape index (κ1) is 21.8. The SMILES string of the molecule is Cc1ccc(S(=O)(=O)N2CCC3C(C2)S(=O)(=O)CCN3C(=O)Nc2ccccc2)cc1. The number of hydrogen-bond acceptors (Lipinski definition) is 5. The largest absolute Gasteiger partial charge is 0.322 e. The van der Waals surface area contributed by atoms with Crippen molar-refractivity contribution in [2.75, 3.05) is 30.7 Å². The van der Waals surface area contributed by atoms with Gasteiger partial charge in [0.1, 0.15) is 0 Å². The summed E-state index contributed by atoms with van der Waals surface area (Å²) < 4.78 is 53.0. The van der Waals surface area contributed by atoms with E-state index in [-0.39, 0.29) is 42.7 Å². The Kier molecular flexibility index (Phi) is 5.80. The summed E-state index contributed by atoms with van der Waals surface area (Å²) in [5.41, 5.74) is 1.56. The van der Waals surface area contributed by atoms with E-state index in [1.165, 1.54) is 21.3 Å². The number of sulfone groups is 1. The van der Waals surface area contributed by atoms with Gasteiger partial charge in [-0.05, 0) is 37.6 Å². The van der Waals surface area contributed by atoms with Gasteiger partial charge in [-0.2, -0.15) is 4.31 Å². The molecule has 0 saturated carbocycles. The number of nitrogens with one attached hydrogen (secondary N) is 1. The number of rotatable bonds is 3. The van der Waals surface area contributed by atoms with Crippen LogP contribution in [0.3, 0.4) is 0 Å². The lowest BCUT2D eigenvalue weighted by Gasteiger charge is -2.45. The molecule has 2 heterocycles. The van der Waals surface area contributed by atoms with Crippen molar-refractivity contribution in [2.45, 2.75) is 29.5 Å². The highest BCUT2D eigenvalue weighted by Crippen LogP contribution is 2.31. The number of carbonyl (C=O) groups excluding carboxylic acids is 1. The zero-order chi connectivity index (χ0) is 22.2. The van der Waals surface area contributed by atoms with E-state index in [2.05, 4.69) is 5.32 Å². The number of nitrogens with zero attached hydrogens (tertiary/aromatic N) is 2. The Bertz CT molecular complexity index is 1170. The van der Waals surface area contributed by atoms with Gasteiger partial charge >= 0.3 is 6.03 Å². The maximum atomic E-state index is 13.1. The van der Waals surface area contributed by atoms with Crippen molar-refractivity contribution in [1.82, 2.24) is 9.21 Å². The third-order valence-electron chi connectivity index (χ3n) is 5.91. The molecule has 0 aliphatic carbocycles. The summed E-state index contributed by atoms with van der Waals surface area (Å²) >= 11 is 0. The maximum absolute atomic E-state index is 13.1. The summed E-state index contributed by atoms with van der Waals surface area (Å²) in [6.45, 7) is 1.96. The van der Waals surface area contributed by atoms with Crippen LogP contribution in [0, 0.1) is 6.92 Å². The second-order valence-corrected chi connectivity index (χ2v) is 12.2. The molecule has 4 rings (SSSR count). The van der Waals surface area contributed by atoms with Gasteiger partial charge in [-0.25, -0.2) is 21.6 Å². The normalized spacial score (nSPS) is 23.7. The Morgan fingerprint density at radius 1 is 1.03 bits per heavy atom. The molecule has 2 aromatic carbocycles. The summed E-state index contributed by atoms with van der Waals surface area (Å²) in [7, 11) is -7.35. The number of benzene rings is 2. The number of para-hydroxylation sites is 1. The lowest BCUT2D eigenvalue weighted by atomic mass is 10.0. The molecule has 0 spiro atoms. The van der Waals surface area contributed by atoms with Crippen LogP contribution in [-0.2, 0) is 19.9 Å². The molecule has 1 N–H and O–H groups in total. The number of aryl methyl sites for hydroxylation is 1. The molecule has 2 aromatic rings. The molecule has 10 heteroatoms. The van der Waals surface area contributed by atoms with Gasteiger partial charge in [0.15, 0.2) is 9.84 Å². The highest BCUT2D eigenvalue weighted by atomic mass is 32.2. The van der Waals surface area contributed by atoms with E-state index in [4.69, 9.17) is 0 Å². The molecular weight excluding hydrogens is 438 g/mol. The highest BCUT2D eigenvalue weighted by molar-refractivity contribution is 7.92. The van der Waals surface area contributed by atoms with Gasteiger partial charge in [0.25, 0.3) is 0 Å². The summed E-state index contributed by atoms with van der Waals surface area (Å²) in [5, 5.41) is 1.86. The summed E-state index contributed by atoms with van der Waals surface area (Å²) in [6, 6.07) is 14.5. The molecule has 0 radical (unpaired) electrons. The molecule has 2 saturated heterocycles. The van der Waals surface area contributed by atoms with Gasteiger partial charge in [-0.15, -0.1) is 0 Å². The number of fused-ring (bicyclic) bond motifs is 1. The maximum Gasteiger partial charge on any atom is 0.322 e. The van der Waals surface area contributed by atoms with Gasteiger partial charge in [0, 0.05) is 25.3 Å². The minimum atomic E-state index is -3.82. The van der Waals surface area contributed by atoms with Crippen molar-refractivity contribution in [3.8, 4) is 0 Å². The van der Waals surface area contributed by atoms with Crippen molar-refractivity contribution >= 4 is 31.6 Å². The van der Waals surface area contributed by atoms with Crippen LogP contribution >= 0.6 is 0 Å². The van der Waals surface area contributed by atoms with Crippen LogP contribution in [0.1, 0.15) is 12.0 Å². The molecule has 8 nitrogen and oxygen atoms in total. The third kappa shape index (κ3) is 4.32. The molecule has 2 unspecified atom stereocenters. The molecule has 2 aliphatic heterocycles. The fourth-order valence-electron chi connectivity index (χ4n) is 4.17. The fourth-order valence-corrected chi connectivity index (χ4v) is 7.67. The number of urea groups is 1. The van der Waals surface area contributed by atoms with Crippen molar-refractivity contribution in [1.29, 1.82) is 0 Å². The second kappa shape index (κ2) is 8.25. The average Bonchev–Trinajstić information content (AvgIpc) is 2.74. The molecule has 166 valence electrons. The fraction of sp³-hybridized carbons (Fsp3) is 0.381. The number of amides is 2. The highest BCUT2D eigenvalue weighted by Gasteiger charge is 2.48. The minimum Gasteiger partial charge on any atom is -0.319 e. The molecule has 2 amide bonds. The van der Waals surface area contributed by atoms with Crippen LogP contribution in [0.15, 0.2) is 59.5 Å². The molecule has 2 fully saturated rings. The first-order valence-electron chi connectivity index (χ1n) is 10.1. The van der Waals surface area contributed by atoms with Crippen LogP contribution in [-0.4, -0.2) is 68.8 Å². The Balaban J connectivity index is 1.56. The summed E-state index contributed by atoms with van der Waals surface area (Å²) in [5.74, 6) is -0.186. The summed E-state index contributed by atoms with van der Waals surface area (Å²) in [6.07, 6.45) is 0.261. The third-order valence-corrected chi connectivity index (χ3v) is 9.93. The standard InChI is InChI=1S/C21H25N3O5S2/c1-16-7-9-18(10-8-16)31(28,29)23-12-11-19-20(15-23)30(26,27)14-13-24(19)21(25)22-17-5-3-2-4-6-17/h2-10,19-20H,11-15H2,1H3,(H,22,25). The molecule has 31 heavy (non-hydrogen) atoms. The molecule has 0 aromatic heterocycles. The van der Waals surface area contributed by atoms with Crippen LogP contribution < -0.4 is 5.32 Å².